The van der Waals surface area contributed by atoms with Crippen molar-refractivity contribution >= 4 is 17.8 Å². The van der Waals surface area contributed by atoms with E-state index < -0.39 is 35.2 Å². The van der Waals surface area contributed by atoms with Gasteiger partial charge in [0.25, 0.3) is 0 Å². The number of nitrogens with one attached hydrogen (secondary N) is 1. The molecule has 19 heavy (non-hydrogen) atoms. The van der Waals surface area contributed by atoms with Crippen LogP contribution in [-0.4, -0.2) is 40.1 Å². The largest absolute Gasteiger partial charge is 0.481 e. The van der Waals surface area contributed by atoms with Gasteiger partial charge >= 0.3 is 11.9 Å². The van der Waals surface area contributed by atoms with E-state index in [1.165, 1.54) is 0 Å². The van der Waals surface area contributed by atoms with Crippen LogP contribution in [0.1, 0.15) is 19.3 Å². The van der Waals surface area contributed by atoms with Crippen LogP contribution in [0.25, 0.3) is 0 Å². The van der Waals surface area contributed by atoms with Crippen LogP contribution in [0.15, 0.2) is 0 Å². The Morgan fingerprint density at radius 3 is 2.26 bits per heavy atom. The molecule has 7 nitrogen and oxygen atoms in total. The van der Waals surface area contributed by atoms with Gasteiger partial charge in [-0.15, -0.1) is 0 Å². The van der Waals surface area contributed by atoms with Crippen LogP contribution in [0.5, 0.6) is 0 Å². The van der Waals surface area contributed by atoms with Crippen LogP contribution >= 0.6 is 0 Å². The molecule has 3 aliphatic carbocycles. The lowest BCUT2D eigenvalue weighted by atomic mass is 9.85. The standard InChI is InChI=1S/C12H16N2O5/c13-3-5(15)14-12(10(18)19)4-11(1-2-11)7-6(8(7)12)9(16)17/h6-8H,1-4,13H2,(H,14,15)(H,16,17)(H,18,19). The van der Waals surface area contributed by atoms with E-state index in [0.717, 1.165) is 12.8 Å². The van der Waals surface area contributed by atoms with Gasteiger partial charge in [-0.3, -0.25) is 9.59 Å². The maximum absolute atomic E-state index is 11.6. The zero-order valence-corrected chi connectivity index (χ0v) is 10.3. The summed E-state index contributed by atoms with van der Waals surface area (Å²) < 4.78 is 0. The van der Waals surface area contributed by atoms with Crippen LogP contribution in [0, 0.1) is 23.2 Å². The molecule has 0 aromatic rings. The molecule has 0 aliphatic heterocycles. The number of carboxylic acid groups (broad SMARTS) is 2. The molecular formula is C12H16N2O5. The predicted molar refractivity (Wildman–Crippen MR) is 62.0 cm³/mol. The van der Waals surface area contributed by atoms with E-state index in [-0.39, 0.29) is 17.9 Å². The van der Waals surface area contributed by atoms with Gasteiger partial charge < -0.3 is 21.3 Å². The Labute approximate surface area is 109 Å². The molecular weight excluding hydrogens is 252 g/mol. The lowest BCUT2D eigenvalue weighted by Gasteiger charge is -2.30. The molecule has 0 heterocycles. The van der Waals surface area contributed by atoms with Crippen molar-refractivity contribution in [3.05, 3.63) is 0 Å². The Bertz CT molecular complexity index is 487. The number of aliphatic carboxylic acids is 2. The molecule has 3 saturated carbocycles. The van der Waals surface area contributed by atoms with Gasteiger partial charge in [0.1, 0.15) is 5.54 Å². The molecule has 4 unspecified atom stereocenters. The van der Waals surface area contributed by atoms with Gasteiger partial charge in [0, 0.05) is 5.92 Å². The quantitative estimate of drug-likeness (QED) is 0.518. The first kappa shape index (κ1) is 12.4. The minimum atomic E-state index is -1.44. The fraction of sp³-hybridized carbons (Fsp3) is 0.750. The fourth-order valence-electron chi connectivity index (χ4n) is 4.15. The maximum Gasteiger partial charge on any atom is 0.329 e. The molecule has 3 fully saturated rings. The highest BCUT2D eigenvalue weighted by Crippen LogP contribution is 2.78. The summed E-state index contributed by atoms with van der Waals surface area (Å²) in [4.78, 5) is 34.4. The highest BCUT2D eigenvalue weighted by molar-refractivity contribution is 5.91. The van der Waals surface area contributed by atoms with Crippen molar-refractivity contribution in [2.24, 2.45) is 28.9 Å². The number of carboxylic acids is 2. The minimum Gasteiger partial charge on any atom is -0.481 e. The summed E-state index contributed by atoms with van der Waals surface area (Å²) in [6.45, 7) is -0.294. The van der Waals surface area contributed by atoms with Crippen molar-refractivity contribution in [1.29, 1.82) is 0 Å². The SMILES string of the molecule is NCC(=O)NC1(C(=O)O)CC2(CC2)C2C(C(=O)O)C21. The summed E-state index contributed by atoms with van der Waals surface area (Å²) in [5.74, 6) is -3.91. The van der Waals surface area contributed by atoms with Crippen LogP contribution in [0.3, 0.4) is 0 Å². The highest BCUT2D eigenvalue weighted by atomic mass is 16.4. The monoisotopic (exact) mass is 268 g/mol. The van der Waals surface area contributed by atoms with Crippen LogP contribution in [0.2, 0.25) is 0 Å². The number of carbonyl (C=O) groups excluding carboxylic acids is 1. The maximum atomic E-state index is 11.6. The van der Waals surface area contributed by atoms with Gasteiger partial charge in [-0.2, -0.15) is 0 Å². The Kier molecular flexibility index (Phi) is 2.27. The van der Waals surface area contributed by atoms with E-state index in [1.807, 2.05) is 0 Å². The van der Waals surface area contributed by atoms with E-state index in [0.29, 0.717) is 6.42 Å². The van der Waals surface area contributed by atoms with Crippen LogP contribution in [0.4, 0.5) is 0 Å². The lowest BCUT2D eigenvalue weighted by Crippen LogP contribution is -2.57. The number of hydrogen-bond donors (Lipinski definition) is 4. The topological polar surface area (TPSA) is 130 Å². The zero-order valence-electron chi connectivity index (χ0n) is 10.3. The third-order valence-electron chi connectivity index (χ3n) is 5.03. The van der Waals surface area contributed by atoms with Crippen molar-refractivity contribution in [2.45, 2.75) is 24.8 Å². The first-order valence-electron chi connectivity index (χ1n) is 6.35. The van der Waals surface area contributed by atoms with E-state index in [2.05, 4.69) is 5.32 Å². The summed E-state index contributed by atoms with van der Waals surface area (Å²) in [7, 11) is 0. The zero-order chi connectivity index (χ0) is 14.0. The minimum absolute atomic E-state index is 0.112. The molecule has 4 atom stereocenters. The summed E-state index contributed by atoms with van der Waals surface area (Å²) in [6, 6.07) is 0. The second-order valence-electron chi connectivity index (χ2n) is 5.98. The summed E-state index contributed by atoms with van der Waals surface area (Å²) >= 11 is 0. The van der Waals surface area contributed by atoms with E-state index in [4.69, 9.17) is 5.73 Å². The molecule has 0 radical (unpaired) electrons. The number of carbonyl (C=O) groups is 3. The number of nitrogens with two attached hydrogens (primary N) is 1. The van der Waals surface area contributed by atoms with Gasteiger partial charge in [0.05, 0.1) is 12.5 Å². The Morgan fingerprint density at radius 1 is 1.21 bits per heavy atom. The summed E-state index contributed by atoms with van der Waals surface area (Å²) in [6.07, 6.45) is 2.04. The second kappa shape index (κ2) is 3.47. The smallest absolute Gasteiger partial charge is 0.329 e. The molecule has 7 heteroatoms. The average molecular weight is 268 g/mol. The molecule has 0 saturated heterocycles. The summed E-state index contributed by atoms with van der Waals surface area (Å²) in [5.41, 5.74) is 3.59. The number of amides is 1. The molecule has 1 spiro atoms. The van der Waals surface area contributed by atoms with Crippen molar-refractivity contribution in [3.8, 4) is 0 Å². The Morgan fingerprint density at radius 2 is 1.84 bits per heavy atom. The Hall–Kier alpha value is -1.63. The second-order valence-corrected chi connectivity index (χ2v) is 5.98. The van der Waals surface area contributed by atoms with Gasteiger partial charge in [-0.1, -0.05) is 0 Å². The van der Waals surface area contributed by atoms with Gasteiger partial charge in [0.2, 0.25) is 5.91 Å². The molecule has 3 aliphatic rings. The molecule has 104 valence electrons. The normalized spacial score (nSPS) is 40.6. The molecule has 3 rings (SSSR count). The van der Waals surface area contributed by atoms with Gasteiger partial charge in [-0.05, 0) is 30.6 Å². The van der Waals surface area contributed by atoms with Crippen molar-refractivity contribution < 1.29 is 24.6 Å². The molecule has 1 amide bonds. The van der Waals surface area contributed by atoms with Crippen molar-refractivity contribution in [1.82, 2.24) is 5.32 Å². The first-order valence-corrected chi connectivity index (χ1v) is 6.35. The van der Waals surface area contributed by atoms with Crippen molar-refractivity contribution in [2.75, 3.05) is 6.54 Å². The van der Waals surface area contributed by atoms with Crippen LogP contribution < -0.4 is 11.1 Å². The number of fused-ring (bicyclic) bond motifs is 2. The molecule has 5 N–H and O–H groups in total. The Balaban J connectivity index is 1.95. The third-order valence-corrected chi connectivity index (χ3v) is 5.03. The summed E-state index contributed by atoms with van der Waals surface area (Å²) in [5, 5.41) is 21.2. The molecule has 0 aromatic heterocycles. The fourth-order valence-corrected chi connectivity index (χ4v) is 4.15. The number of rotatable bonds is 4. The predicted octanol–water partition coefficient (Wildman–Crippen LogP) is -0.985. The van der Waals surface area contributed by atoms with E-state index >= 15 is 0 Å². The van der Waals surface area contributed by atoms with Gasteiger partial charge in [0.15, 0.2) is 0 Å². The van der Waals surface area contributed by atoms with Crippen molar-refractivity contribution in [3.63, 3.8) is 0 Å². The first-order chi connectivity index (χ1) is 8.88. The van der Waals surface area contributed by atoms with Crippen LogP contribution in [-0.2, 0) is 14.4 Å². The molecule has 0 aromatic carbocycles. The van der Waals surface area contributed by atoms with Gasteiger partial charge in [-0.25, -0.2) is 4.79 Å². The average Bonchev–Trinajstić information content (AvgIpc) is 3.18. The van der Waals surface area contributed by atoms with E-state index in [9.17, 15) is 24.6 Å². The lowest BCUT2D eigenvalue weighted by molar-refractivity contribution is -0.150. The van der Waals surface area contributed by atoms with E-state index in [1.54, 1.807) is 0 Å². The third kappa shape index (κ3) is 1.44. The highest BCUT2D eigenvalue weighted by Gasteiger charge is 2.82. The molecule has 0 bridgehead atoms. The number of hydrogen-bond acceptors (Lipinski definition) is 4.